The van der Waals surface area contributed by atoms with E-state index < -0.39 is 29.4 Å². The van der Waals surface area contributed by atoms with Crippen LogP contribution >= 0.6 is 0 Å². The summed E-state index contributed by atoms with van der Waals surface area (Å²) in [6.45, 7) is 4.12. The van der Waals surface area contributed by atoms with Gasteiger partial charge in [0.2, 0.25) is 11.7 Å². The number of amides is 1. The van der Waals surface area contributed by atoms with Crippen LogP contribution in [0.15, 0.2) is 29.8 Å². The second kappa shape index (κ2) is 11.5. The van der Waals surface area contributed by atoms with Crippen molar-refractivity contribution in [1.82, 2.24) is 5.32 Å². The first-order valence-corrected chi connectivity index (χ1v) is 15.3. The minimum Gasteiger partial charge on any atom is -0.504 e. The van der Waals surface area contributed by atoms with Crippen LogP contribution in [0, 0.1) is 28.6 Å². The Morgan fingerprint density at radius 1 is 0.976 bits per heavy atom. The van der Waals surface area contributed by atoms with Crippen molar-refractivity contribution in [3.63, 3.8) is 0 Å². The maximum atomic E-state index is 13.4. The van der Waals surface area contributed by atoms with Gasteiger partial charge in [0.25, 0.3) is 0 Å². The molecule has 0 bridgehead atoms. The number of carbonyl (C=O) groups excluding carboxylic acids is 4. The summed E-state index contributed by atoms with van der Waals surface area (Å²) < 4.78 is 5.24. The number of rotatable bonds is 9. The third-order valence-corrected chi connectivity index (χ3v) is 11.3. The zero-order valence-electron chi connectivity index (χ0n) is 24.6. The summed E-state index contributed by atoms with van der Waals surface area (Å²) in [7, 11) is 0. The molecule has 0 unspecified atom stereocenters. The summed E-state index contributed by atoms with van der Waals surface area (Å²) in [6.07, 6.45) is 8.10. The molecule has 1 aromatic rings. The van der Waals surface area contributed by atoms with Crippen LogP contribution < -0.4 is 5.32 Å². The predicted molar refractivity (Wildman–Crippen MR) is 153 cm³/mol. The highest BCUT2D eigenvalue weighted by atomic mass is 16.5. The molecule has 42 heavy (non-hydrogen) atoms. The first kappa shape index (κ1) is 30.3. The predicted octanol–water partition coefficient (Wildman–Crippen LogP) is 3.91. The molecule has 4 aliphatic carbocycles. The smallest absolute Gasteiger partial charge is 0.306 e. The van der Waals surface area contributed by atoms with Gasteiger partial charge in [0.1, 0.15) is 5.60 Å². The zero-order valence-corrected chi connectivity index (χ0v) is 24.6. The van der Waals surface area contributed by atoms with Crippen LogP contribution in [-0.2, 0) is 30.3 Å². The third-order valence-electron chi connectivity index (χ3n) is 11.3. The number of hydrogen-bond acceptors (Lipinski definition) is 8. The lowest BCUT2D eigenvalue weighted by Gasteiger charge is -2.58. The Morgan fingerprint density at radius 2 is 1.74 bits per heavy atom. The Morgan fingerprint density at radius 3 is 2.50 bits per heavy atom. The molecule has 5 rings (SSSR count). The van der Waals surface area contributed by atoms with Crippen LogP contribution in [-0.4, -0.2) is 57.5 Å². The number of nitrogens with one attached hydrogen (secondary N) is 1. The van der Waals surface area contributed by atoms with Crippen LogP contribution in [0.4, 0.5) is 0 Å². The van der Waals surface area contributed by atoms with E-state index in [1.54, 1.807) is 6.07 Å². The minimum absolute atomic E-state index is 0.0131. The average Bonchev–Trinajstić information content (AvgIpc) is 3.24. The lowest BCUT2D eigenvalue weighted by molar-refractivity contribution is -0.170. The number of phenolic OH excluding ortho intramolecular Hbond substituents is 2. The maximum Gasteiger partial charge on any atom is 0.306 e. The van der Waals surface area contributed by atoms with E-state index in [0.29, 0.717) is 37.6 Å². The van der Waals surface area contributed by atoms with Crippen molar-refractivity contribution in [2.24, 2.45) is 28.6 Å². The highest BCUT2D eigenvalue weighted by Crippen LogP contribution is 2.67. The number of allylic oxidation sites excluding steroid dienone is 1. The molecule has 6 atom stereocenters. The molecular weight excluding hydrogens is 538 g/mol. The highest BCUT2D eigenvalue weighted by Gasteiger charge is 2.66. The SMILES string of the molecule is C[C@]12CCC(=O)C=C1CC[C@H]1[C@H]2CC[C@@]2(C)[C@@H]1CC[C@]2(O)C(=O)COC(=O)CCC(=O)NCCc1ccc(O)c(O)c1. The van der Waals surface area contributed by atoms with Crippen molar-refractivity contribution in [2.75, 3.05) is 13.2 Å². The Bertz CT molecular complexity index is 1300. The molecule has 1 amide bonds. The molecule has 9 nitrogen and oxygen atoms in total. The fraction of sp³-hybridized carbons (Fsp3) is 0.636. The van der Waals surface area contributed by atoms with E-state index in [1.807, 2.05) is 13.0 Å². The van der Waals surface area contributed by atoms with E-state index >= 15 is 0 Å². The van der Waals surface area contributed by atoms with Crippen LogP contribution in [0.1, 0.15) is 83.6 Å². The van der Waals surface area contributed by atoms with Gasteiger partial charge in [-0.05, 0) is 98.3 Å². The van der Waals surface area contributed by atoms with E-state index in [1.165, 1.54) is 17.7 Å². The van der Waals surface area contributed by atoms with Crippen molar-refractivity contribution >= 4 is 23.4 Å². The molecule has 228 valence electrons. The Kier molecular flexibility index (Phi) is 8.27. The van der Waals surface area contributed by atoms with Crippen LogP contribution in [0.2, 0.25) is 0 Å². The molecule has 0 heterocycles. The van der Waals surface area contributed by atoms with Crippen LogP contribution in [0.3, 0.4) is 0 Å². The molecule has 0 saturated heterocycles. The lowest BCUT2D eigenvalue weighted by atomic mass is 9.46. The van der Waals surface area contributed by atoms with Crippen molar-refractivity contribution in [2.45, 2.75) is 90.1 Å². The van der Waals surface area contributed by atoms with Gasteiger partial charge in [-0.25, -0.2) is 0 Å². The summed E-state index contributed by atoms with van der Waals surface area (Å²) in [5.74, 6) is -0.657. The van der Waals surface area contributed by atoms with Gasteiger partial charge in [-0.1, -0.05) is 25.5 Å². The largest absolute Gasteiger partial charge is 0.504 e. The normalized spacial score (nSPS) is 33.5. The molecule has 4 aliphatic rings. The number of aromatic hydroxyl groups is 2. The van der Waals surface area contributed by atoms with E-state index in [4.69, 9.17) is 4.74 Å². The Balaban J connectivity index is 1.10. The highest BCUT2D eigenvalue weighted by molar-refractivity contribution is 5.92. The summed E-state index contributed by atoms with van der Waals surface area (Å²) in [4.78, 5) is 50.0. The molecule has 0 aromatic heterocycles. The quantitative estimate of drug-likeness (QED) is 0.253. The fourth-order valence-corrected chi connectivity index (χ4v) is 8.75. The van der Waals surface area contributed by atoms with Gasteiger partial charge in [0.15, 0.2) is 23.9 Å². The second-order valence-electron chi connectivity index (χ2n) is 13.3. The molecule has 3 saturated carbocycles. The monoisotopic (exact) mass is 581 g/mol. The molecule has 0 spiro atoms. The van der Waals surface area contributed by atoms with Crippen molar-refractivity contribution < 1.29 is 39.2 Å². The van der Waals surface area contributed by atoms with Gasteiger partial charge in [-0.3, -0.25) is 19.2 Å². The van der Waals surface area contributed by atoms with Gasteiger partial charge in [0.05, 0.1) is 6.42 Å². The van der Waals surface area contributed by atoms with Crippen LogP contribution in [0.5, 0.6) is 11.5 Å². The number of phenols is 2. The van der Waals surface area contributed by atoms with Gasteiger partial charge in [-0.2, -0.15) is 0 Å². The third kappa shape index (κ3) is 5.36. The molecular formula is C33H43NO8. The lowest BCUT2D eigenvalue weighted by Crippen LogP contribution is -2.58. The second-order valence-corrected chi connectivity index (χ2v) is 13.3. The Hall–Kier alpha value is -3.20. The van der Waals surface area contributed by atoms with Gasteiger partial charge >= 0.3 is 5.97 Å². The van der Waals surface area contributed by atoms with E-state index in [2.05, 4.69) is 12.2 Å². The molecule has 0 aliphatic heterocycles. The summed E-state index contributed by atoms with van der Waals surface area (Å²) in [5.41, 5.74) is -0.107. The maximum absolute atomic E-state index is 13.4. The molecule has 0 radical (unpaired) electrons. The topological polar surface area (TPSA) is 150 Å². The van der Waals surface area contributed by atoms with Gasteiger partial charge < -0.3 is 25.4 Å². The molecule has 4 N–H and O–H groups in total. The fourth-order valence-electron chi connectivity index (χ4n) is 8.75. The zero-order chi connectivity index (χ0) is 30.3. The number of hydrogen-bond donors (Lipinski definition) is 4. The number of Topliss-reactive ketones (excluding diaryl/α,β-unsaturated/α-hetero) is 1. The van der Waals surface area contributed by atoms with E-state index in [0.717, 1.165) is 44.1 Å². The van der Waals surface area contributed by atoms with Gasteiger partial charge in [-0.15, -0.1) is 0 Å². The van der Waals surface area contributed by atoms with E-state index in [-0.39, 0.29) is 47.4 Å². The number of aliphatic hydroxyl groups is 1. The number of benzene rings is 1. The molecule has 9 heteroatoms. The molecule has 3 fully saturated rings. The summed E-state index contributed by atoms with van der Waals surface area (Å²) >= 11 is 0. The average molecular weight is 582 g/mol. The summed E-state index contributed by atoms with van der Waals surface area (Å²) in [6, 6.07) is 4.44. The number of carbonyl (C=O) groups is 4. The first-order valence-electron chi connectivity index (χ1n) is 15.3. The number of esters is 1. The van der Waals surface area contributed by atoms with Gasteiger partial charge in [0, 0.05) is 24.8 Å². The molecule has 1 aromatic carbocycles. The minimum atomic E-state index is -1.55. The van der Waals surface area contributed by atoms with Crippen LogP contribution in [0.25, 0.3) is 0 Å². The summed E-state index contributed by atoms with van der Waals surface area (Å²) in [5, 5.41) is 33.4. The van der Waals surface area contributed by atoms with E-state index in [9.17, 15) is 34.5 Å². The van der Waals surface area contributed by atoms with Crippen molar-refractivity contribution in [3.8, 4) is 11.5 Å². The standard InChI is InChI=1S/C33H43NO8/c1-31-13-9-22(35)18-21(31)4-5-23-24(31)10-14-32(2)25(23)11-15-33(32,41)28(38)19-42-30(40)8-7-29(39)34-16-12-20-3-6-26(36)27(37)17-20/h3,6,17-18,23-25,36-37,41H,4-5,7-16,19H2,1-2H3,(H,34,39)/t23-,24+,25+,31-,32-,33-/m0/s1. The first-order chi connectivity index (χ1) is 19.9. The number of ether oxygens (including phenoxy) is 1. The van der Waals surface area contributed by atoms with Crippen molar-refractivity contribution in [3.05, 3.63) is 35.4 Å². The Labute approximate surface area is 246 Å². The van der Waals surface area contributed by atoms with Crippen molar-refractivity contribution in [1.29, 1.82) is 0 Å². The number of fused-ring (bicyclic) bond motifs is 5. The number of ketones is 2.